The van der Waals surface area contributed by atoms with E-state index in [0.717, 1.165) is 0 Å². The third-order valence-corrected chi connectivity index (χ3v) is 4.08. The van der Waals surface area contributed by atoms with Gasteiger partial charge in [-0.3, -0.25) is 14.6 Å². The van der Waals surface area contributed by atoms with Crippen LogP contribution >= 0.6 is 0 Å². The Morgan fingerprint density at radius 3 is 2.38 bits per heavy atom. The zero-order valence-corrected chi connectivity index (χ0v) is 14.9. The van der Waals surface area contributed by atoms with Crippen LogP contribution in [0.5, 0.6) is 0 Å². The van der Waals surface area contributed by atoms with Gasteiger partial charge in [0.05, 0.1) is 11.6 Å². The van der Waals surface area contributed by atoms with Gasteiger partial charge in [0.1, 0.15) is 5.69 Å². The minimum Gasteiger partial charge on any atom is -0.476 e. The number of aromatic carboxylic acids is 1. The van der Waals surface area contributed by atoms with E-state index >= 15 is 0 Å². The number of nitrogens with zero attached hydrogens (tertiary/aromatic N) is 2. The maximum absolute atomic E-state index is 13.1. The van der Waals surface area contributed by atoms with E-state index in [1.807, 2.05) is 0 Å². The SMILES string of the molecule is Nc1nc(N)c(NC(=O)C(c2ccccc2)c2cnc(C(=O)O)c(N)c2)c(=O)[nH]1. The number of nitrogen functional groups attached to an aromatic ring is 3. The predicted octanol–water partition coefficient (Wildman–Crippen LogP) is 0.380. The first-order chi connectivity index (χ1) is 13.8. The molecule has 1 unspecified atom stereocenters. The van der Waals surface area contributed by atoms with Gasteiger partial charge in [-0.05, 0) is 17.2 Å². The Morgan fingerprint density at radius 2 is 1.79 bits per heavy atom. The lowest BCUT2D eigenvalue weighted by atomic mass is 9.91. The molecule has 0 aliphatic carbocycles. The van der Waals surface area contributed by atoms with Gasteiger partial charge < -0.3 is 27.6 Å². The molecular formula is C18H17N7O4. The Hall–Kier alpha value is -4.41. The summed E-state index contributed by atoms with van der Waals surface area (Å²) in [6.07, 6.45) is 1.24. The lowest BCUT2D eigenvalue weighted by molar-refractivity contribution is -0.116. The number of carboxylic acid groups (broad SMARTS) is 1. The van der Waals surface area contributed by atoms with Crippen molar-refractivity contribution in [3.8, 4) is 0 Å². The van der Waals surface area contributed by atoms with Gasteiger partial charge in [-0.25, -0.2) is 9.78 Å². The number of aromatic amines is 1. The molecule has 11 heteroatoms. The average molecular weight is 395 g/mol. The monoisotopic (exact) mass is 395 g/mol. The summed E-state index contributed by atoms with van der Waals surface area (Å²) in [6, 6.07) is 9.96. The van der Waals surface area contributed by atoms with Crippen LogP contribution in [-0.2, 0) is 4.79 Å². The fraction of sp³-hybridized carbons (Fsp3) is 0.0556. The largest absolute Gasteiger partial charge is 0.476 e. The van der Waals surface area contributed by atoms with Crippen LogP contribution in [0.1, 0.15) is 27.5 Å². The molecule has 9 N–H and O–H groups in total. The summed E-state index contributed by atoms with van der Waals surface area (Å²) in [7, 11) is 0. The summed E-state index contributed by atoms with van der Waals surface area (Å²) in [5.74, 6) is -3.30. The summed E-state index contributed by atoms with van der Waals surface area (Å²) in [6.45, 7) is 0. The van der Waals surface area contributed by atoms with Crippen molar-refractivity contribution in [1.82, 2.24) is 15.0 Å². The number of pyridine rings is 1. The van der Waals surface area contributed by atoms with Gasteiger partial charge in [0, 0.05) is 6.20 Å². The summed E-state index contributed by atoms with van der Waals surface area (Å²) in [5, 5.41) is 11.6. The second-order valence-electron chi connectivity index (χ2n) is 6.06. The van der Waals surface area contributed by atoms with Gasteiger partial charge in [-0.1, -0.05) is 30.3 Å². The van der Waals surface area contributed by atoms with Crippen molar-refractivity contribution < 1.29 is 14.7 Å². The Morgan fingerprint density at radius 1 is 1.10 bits per heavy atom. The van der Waals surface area contributed by atoms with Crippen molar-refractivity contribution in [3.63, 3.8) is 0 Å². The number of hydrogen-bond donors (Lipinski definition) is 6. The number of carboxylic acids is 1. The quantitative estimate of drug-likeness (QED) is 0.353. The average Bonchev–Trinajstić information content (AvgIpc) is 2.65. The van der Waals surface area contributed by atoms with E-state index in [-0.39, 0.29) is 28.8 Å². The summed E-state index contributed by atoms with van der Waals surface area (Å²) >= 11 is 0. The normalized spacial score (nSPS) is 11.6. The van der Waals surface area contributed by atoms with Crippen LogP contribution < -0.4 is 28.1 Å². The molecule has 0 saturated heterocycles. The Balaban J connectivity index is 2.06. The van der Waals surface area contributed by atoms with Gasteiger partial charge in [-0.2, -0.15) is 4.98 Å². The number of hydrogen-bond acceptors (Lipinski definition) is 8. The first kappa shape index (κ1) is 19.4. The molecule has 1 amide bonds. The molecule has 148 valence electrons. The smallest absolute Gasteiger partial charge is 0.356 e. The van der Waals surface area contributed by atoms with Gasteiger partial charge in [0.15, 0.2) is 11.5 Å². The Labute approximate surface area is 163 Å². The second-order valence-corrected chi connectivity index (χ2v) is 6.06. The molecule has 0 radical (unpaired) electrons. The van der Waals surface area contributed by atoms with Crippen LogP contribution in [0.25, 0.3) is 0 Å². The maximum atomic E-state index is 13.1. The number of anilines is 4. The van der Waals surface area contributed by atoms with Crippen molar-refractivity contribution in [2.24, 2.45) is 0 Å². The number of carbonyl (C=O) groups is 2. The van der Waals surface area contributed by atoms with E-state index in [1.54, 1.807) is 30.3 Å². The van der Waals surface area contributed by atoms with Gasteiger partial charge >= 0.3 is 5.97 Å². The lowest BCUT2D eigenvalue weighted by Crippen LogP contribution is -2.28. The predicted molar refractivity (Wildman–Crippen MR) is 106 cm³/mol. The number of carbonyl (C=O) groups excluding carboxylic acids is 1. The zero-order valence-electron chi connectivity index (χ0n) is 14.9. The number of benzene rings is 1. The van der Waals surface area contributed by atoms with Crippen molar-refractivity contribution in [2.75, 3.05) is 22.5 Å². The number of aromatic nitrogens is 3. The molecule has 29 heavy (non-hydrogen) atoms. The van der Waals surface area contributed by atoms with Crippen molar-refractivity contribution in [3.05, 3.63) is 69.8 Å². The fourth-order valence-corrected chi connectivity index (χ4v) is 2.80. The first-order valence-corrected chi connectivity index (χ1v) is 8.27. The van der Waals surface area contributed by atoms with Gasteiger partial charge in [-0.15, -0.1) is 0 Å². The molecule has 0 bridgehead atoms. The van der Waals surface area contributed by atoms with E-state index in [0.29, 0.717) is 11.1 Å². The van der Waals surface area contributed by atoms with E-state index < -0.39 is 23.4 Å². The highest BCUT2D eigenvalue weighted by molar-refractivity contribution is 6.00. The third kappa shape index (κ3) is 3.98. The van der Waals surface area contributed by atoms with Crippen LogP contribution in [0, 0.1) is 0 Å². The molecule has 0 fully saturated rings. The number of H-pyrrole nitrogens is 1. The molecule has 11 nitrogen and oxygen atoms in total. The molecule has 0 aliphatic heterocycles. The molecule has 0 saturated carbocycles. The highest BCUT2D eigenvalue weighted by atomic mass is 16.4. The summed E-state index contributed by atoms with van der Waals surface area (Å²) < 4.78 is 0. The third-order valence-electron chi connectivity index (χ3n) is 4.08. The van der Waals surface area contributed by atoms with Crippen molar-refractivity contribution in [1.29, 1.82) is 0 Å². The topological polar surface area (TPSA) is 203 Å². The fourth-order valence-electron chi connectivity index (χ4n) is 2.80. The van der Waals surface area contributed by atoms with E-state index in [1.165, 1.54) is 12.3 Å². The molecule has 0 aliphatic rings. The maximum Gasteiger partial charge on any atom is 0.356 e. The van der Waals surface area contributed by atoms with Crippen LogP contribution in [0.2, 0.25) is 0 Å². The minimum atomic E-state index is -1.29. The van der Waals surface area contributed by atoms with Crippen LogP contribution in [-0.4, -0.2) is 31.9 Å². The van der Waals surface area contributed by atoms with E-state index in [2.05, 4.69) is 20.3 Å². The highest BCUT2D eigenvalue weighted by Crippen LogP contribution is 2.28. The molecule has 2 aromatic heterocycles. The van der Waals surface area contributed by atoms with Crippen LogP contribution in [0.3, 0.4) is 0 Å². The molecule has 0 spiro atoms. The van der Waals surface area contributed by atoms with Crippen molar-refractivity contribution in [2.45, 2.75) is 5.92 Å². The van der Waals surface area contributed by atoms with E-state index in [4.69, 9.17) is 22.3 Å². The number of amides is 1. The molecule has 2 heterocycles. The minimum absolute atomic E-state index is 0.102. The van der Waals surface area contributed by atoms with Crippen LogP contribution in [0.4, 0.5) is 23.1 Å². The van der Waals surface area contributed by atoms with Gasteiger partial charge in [0.2, 0.25) is 11.9 Å². The molecule has 3 rings (SSSR count). The van der Waals surface area contributed by atoms with E-state index in [9.17, 15) is 14.4 Å². The Kier molecular flexibility index (Phi) is 5.13. The Bertz CT molecular complexity index is 1140. The number of rotatable bonds is 5. The van der Waals surface area contributed by atoms with Crippen LogP contribution in [0.15, 0.2) is 47.4 Å². The molecular weight excluding hydrogens is 378 g/mol. The van der Waals surface area contributed by atoms with Gasteiger partial charge in [0.25, 0.3) is 5.56 Å². The zero-order chi connectivity index (χ0) is 21.1. The summed E-state index contributed by atoms with van der Waals surface area (Å²) in [4.78, 5) is 46.1. The number of nitrogens with two attached hydrogens (primary N) is 3. The lowest BCUT2D eigenvalue weighted by Gasteiger charge is -2.18. The summed E-state index contributed by atoms with van der Waals surface area (Å²) in [5.41, 5.74) is 16.4. The molecule has 1 atom stereocenters. The standard InChI is InChI=1S/C18H17N7O4/c19-10-6-9(7-22-12(10)17(28)29)11(8-4-2-1-3-5-8)15(26)23-13-14(20)24-18(21)25-16(13)27/h1-7,11H,19H2,(H,23,26)(H,28,29)(H5,20,21,24,25,27). The molecule has 1 aromatic carbocycles. The van der Waals surface area contributed by atoms with Crippen molar-refractivity contribution >= 4 is 35.0 Å². The second kappa shape index (κ2) is 7.68. The highest BCUT2D eigenvalue weighted by Gasteiger charge is 2.26. The molecule has 3 aromatic rings. The first-order valence-electron chi connectivity index (χ1n) is 8.27. The number of nitrogens with one attached hydrogen (secondary N) is 2.